The highest BCUT2D eigenvalue weighted by Gasteiger charge is 2.20. The summed E-state index contributed by atoms with van der Waals surface area (Å²) in [5.41, 5.74) is 5.77. The number of sulfonamides is 1. The van der Waals surface area contributed by atoms with Crippen molar-refractivity contribution >= 4 is 48.7 Å². The number of nitrogens with two attached hydrogens (primary N) is 1. The predicted octanol–water partition coefficient (Wildman–Crippen LogP) is 3.34. The van der Waals surface area contributed by atoms with E-state index >= 15 is 0 Å². The summed E-state index contributed by atoms with van der Waals surface area (Å²) in [5.74, 6) is -0.519. The Morgan fingerprint density at radius 2 is 2.05 bits per heavy atom. The molecule has 19 heavy (non-hydrogen) atoms. The molecule has 4 nitrogen and oxygen atoms in total. The number of rotatable bonds is 3. The van der Waals surface area contributed by atoms with Crippen molar-refractivity contribution in [3.05, 3.63) is 38.7 Å². The molecule has 0 aliphatic rings. The van der Waals surface area contributed by atoms with Gasteiger partial charge in [0, 0.05) is 4.88 Å². The summed E-state index contributed by atoms with van der Waals surface area (Å²) in [6.45, 7) is 1.71. The third-order valence-electron chi connectivity index (χ3n) is 2.39. The van der Waals surface area contributed by atoms with Gasteiger partial charge in [-0.2, -0.15) is 0 Å². The summed E-state index contributed by atoms with van der Waals surface area (Å²) in [6.07, 6.45) is 0. The van der Waals surface area contributed by atoms with Gasteiger partial charge in [-0.05, 0) is 47.1 Å². The maximum absolute atomic E-state index is 12.9. The Morgan fingerprint density at radius 1 is 1.37 bits per heavy atom. The van der Waals surface area contributed by atoms with Crippen LogP contribution in [-0.4, -0.2) is 8.42 Å². The number of aryl methyl sites for hydroxylation is 1. The first-order chi connectivity index (χ1) is 8.79. The second-order valence-corrected chi connectivity index (χ2v) is 8.09. The molecule has 0 spiro atoms. The fraction of sp³-hybridized carbons (Fsp3) is 0.0909. The van der Waals surface area contributed by atoms with Gasteiger partial charge in [0.1, 0.15) is 10.7 Å². The number of hydrogen-bond acceptors (Lipinski definition) is 4. The minimum Gasteiger partial charge on any atom is -0.397 e. The van der Waals surface area contributed by atoms with Crippen molar-refractivity contribution in [2.75, 3.05) is 10.5 Å². The first kappa shape index (κ1) is 14.3. The van der Waals surface area contributed by atoms with Crippen LogP contribution < -0.4 is 10.5 Å². The molecule has 1 aromatic carbocycles. The lowest BCUT2D eigenvalue weighted by atomic mass is 10.3. The second kappa shape index (κ2) is 5.10. The summed E-state index contributed by atoms with van der Waals surface area (Å²) < 4.78 is 40.4. The van der Waals surface area contributed by atoms with E-state index < -0.39 is 15.8 Å². The summed E-state index contributed by atoms with van der Waals surface area (Å²) in [6, 6.07) is 5.01. The largest absolute Gasteiger partial charge is 0.397 e. The maximum Gasteiger partial charge on any atom is 0.263 e. The minimum atomic E-state index is -3.73. The minimum absolute atomic E-state index is 0.0375. The predicted molar refractivity (Wildman–Crippen MR) is 78.4 cm³/mol. The highest BCUT2D eigenvalue weighted by atomic mass is 79.9. The topological polar surface area (TPSA) is 72.2 Å². The van der Waals surface area contributed by atoms with E-state index in [1.807, 2.05) is 0 Å². The molecule has 3 N–H and O–H groups in total. The van der Waals surface area contributed by atoms with E-state index in [1.165, 1.54) is 23.5 Å². The lowest BCUT2D eigenvalue weighted by Crippen LogP contribution is -2.14. The van der Waals surface area contributed by atoms with Crippen molar-refractivity contribution in [1.82, 2.24) is 0 Å². The number of halogens is 2. The Bertz CT molecular complexity index is 728. The van der Waals surface area contributed by atoms with Crippen LogP contribution in [0.1, 0.15) is 4.88 Å². The van der Waals surface area contributed by atoms with E-state index in [2.05, 4.69) is 20.7 Å². The van der Waals surface area contributed by atoms with Crippen LogP contribution in [0.3, 0.4) is 0 Å². The quantitative estimate of drug-likeness (QED) is 0.820. The van der Waals surface area contributed by atoms with Crippen molar-refractivity contribution in [3.8, 4) is 0 Å². The Kier molecular flexibility index (Phi) is 3.84. The molecule has 0 aliphatic heterocycles. The average molecular weight is 365 g/mol. The normalized spacial score (nSPS) is 11.5. The van der Waals surface area contributed by atoms with Crippen molar-refractivity contribution in [2.24, 2.45) is 0 Å². The Balaban J connectivity index is 2.39. The zero-order valence-corrected chi connectivity index (χ0v) is 13.0. The van der Waals surface area contributed by atoms with Gasteiger partial charge in [0.05, 0.1) is 15.2 Å². The third kappa shape index (κ3) is 3.07. The molecule has 0 fully saturated rings. The van der Waals surface area contributed by atoms with Crippen LogP contribution in [0, 0.1) is 12.7 Å². The molecule has 0 aliphatic carbocycles. The maximum atomic E-state index is 12.9. The highest BCUT2D eigenvalue weighted by molar-refractivity contribution is 9.11. The van der Waals surface area contributed by atoms with Gasteiger partial charge in [-0.3, -0.25) is 4.72 Å². The van der Waals surface area contributed by atoms with E-state index in [0.29, 0.717) is 4.88 Å². The summed E-state index contributed by atoms with van der Waals surface area (Å²) in [4.78, 5) is 0.827. The van der Waals surface area contributed by atoms with E-state index in [0.717, 1.165) is 15.9 Å². The number of benzene rings is 1. The summed E-state index contributed by atoms with van der Waals surface area (Å²) in [5, 5.41) is 0. The molecule has 1 aromatic heterocycles. The van der Waals surface area contributed by atoms with Crippen molar-refractivity contribution in [2.45, 2.75) is 11.8 Å². The first-order valence-electron chi connectivity index (χ1n) is 5.13. The van der Waals surface area contributed by atoms with Gasteiger partial charge in [-0.15, -0.1) is 11.3 Å². The first-order valence-corrected chi connectivity index (χ1v) is 8.22. The molecule has 0 radical (unpaired) electrons. The van der Waals surface area contributed by atoms with Crippen LogP contribution in [0.5, 0.6) is 0 Å². The summed E-state index contributed by atoms with van der Waals surface area (Å²) >= 11 is 4.56. The van der Waals surface area contributed by atoms with Crippen LogP contribution >= 0.6 is 27.3 Å². The molecule has 1 heterocycles. The molecule has 2 rings (SSSR count). The number of anilines is 2. The molecule has 0 unspecified atom stereocenters. The van der Waals surface area contributed by atoms with Gasteiger partial charge < -0.3 is 5.73 Å². The molecule has 0 saturated heterocycles. The van der Waals surface area contributed by atoms with E-state index in [-0.39, 0.29) is 16.3 Å². The van der Waals surface area contributed by atoms with Crippen LogP contribution in [0.2, 0.25) is 0 Å². The fourth-order valence-corrected chi connectivity index (χ4v) is 5.03. The van der Waals surface area contributed by atoms with E-state index in [4.69, 9.17) is 5.73 Å². The van der Waals surface area contributed by atoms with Crippen LogP contribution in [-0.2, 0) is 10.0 Å². The smallest absolute Gasteiger partial charge is 0.263 e. The van der Waals surface area contributed by atoms with Gasteiger partial charge in [-0.1, -0.05) is 0 Å². The molecule has 0 saturated carbocycles. The number of thiophene rings is 1. The molecule has 102 valence electrons. The fourth-order valence-electron chi connectivity index (χ4n) is 1.52. The van der Waals surface area contributed by atoms with Gasteiger partial charge in [-0.25, -0.2) is 12.8 Å². The average Bonchev–Trinajstić information content (AvgIpc) is 2.63. The molecular weight excluding hydrogens is 355 g/mol. The van der Waals surface area contributed by atoms with Crippen molar-refractivity contribution < 1.29 is 12.8 Å². The Labute approximate surface area is 122 Å². The third-order valence-corrected chi connectivity index (χ3v) is 5.56. The summed E-state index contributed by atoms with van der Waals surface area (Å²) in [7, 11) is -3.73. The Morgan fingerprint density at radius 3 is 2.58 bits per heavy atom. The van der Waals surface area contributed by atoms with Gasteiger partial charge in [0.25, 0.3) is 10.0 Å². The zero-order valence-electron chi connectivity index (χ0n) is 9.78. The SMILES string of the molecule is Cc1sc(Br)cc1S(=O)(=O)Nc1ccc(F)cc1N. The van der Waals surface area contributed by atoms with Crippen LogP contribution in [0.15, 0.2) is 32.9 Å². The monoisotopic (exact) mass is 364 g/mol. The molecule has 8 heteroatoms. The van der Waals surface area contributed by atoms with Gasteiger partial charge in [0.15, 0.2) is 0 Å². The van der Waals surface area contributed by atoms with Crippen molar-refractivity contribution in [1.29, 1.82) is 0 Å². The van der Waals surface area contributed by atoms with Crippen LogP contribution in [0.4, 0.5) is 15.8 Å². The van der Waals surface area contributed by atoms with Crippen molar-refractivity contribution in [3.63, 3.8) is 0 Å². The standard InChI is InChI=1S/C11H10BrFN2O2S2/c1-6-10(5-11(12)18-6)19(16,17)15-9-3-2-7(13)4-8(9)14/h2-5,15H,14H2,1H3. The second-order valence-electron chi connectivity index (χ2n) is 3.81. The van der Waals surface area contributed by atoms with Gasteiger partial charge in [0.2, 0.25) is 0 Å². The molecular formula is C11H10BrFN2O2S2. The number of nitrogens with one attached hydrogen (secondary N) is 1. The van der Waals surface area contributed by atoms with Gasteiger partial charge >= 0.3 is 0 Å². The van der Waals surface area contributed by atoms with E-state index in [9.17, 15) is 12.8 Å². The highest BCUT2D eigenvalue weighted by Crippen LogP contribution is 2.31. The van der Waals surface area contributed by atoms with Crippen LogP contribution in [0.25, 0.3) is 0 Å². The molecule has 0 bridgehead atoms. The lowest BCUT2D eigenvalue weighted by molar-refractivity contribution is 0.601. The number of nitrogen functional groups attached to an aromatic ring is 1. The molecule has 0 atom stereocenters. The lowest BCUT2D eigenvalue weighted by Gasteiger charge is -2.09. The Hall–Kier alpha value is -1.12. The molecule has 2 aromatic rings. The molecule has 0 amide bonds. The zero-order chi connectivity index (χ0) is 14.2. The number of hydrogen-bond donors (Lipinski definition) is 2. The van der Waals surface area contributed by atoms with E-state index in [1.54, 1.807) is 6.92 Å².